The summed E-state index contributed by atoms with van der Waals surface area (Å²) in [6, 6.07) is 5.90. The Hall–Kier alpha value is -1.39. The molecule has 4 nitrogen and oxygen atoms in total. The molecular weight excluding hydrogens is 226 g/mol. The molecule has 0 amide bonds. The van der Waals surface area contributed by atoms with Crippen molar-refractivity contribution in [2.24, 2.45) is 18.2 Å². The molecule has 0 aliphatic heterocycles. The lowest BCUT2D eigenvalue weighted by Gasteiger charge is -2.29. The summed E-state index contributed by atoms with van der Waals surface area (Å²) in [4.78, 5) is 4.48. The zero-order valence-electron chi connectivity index (χ0n) is 11.4. The molecule has 4 heteroatoms. The Labute approximate surface area is 107 Å². The van der Waals surface area contributed by atoms with E-state index in [1.165, 1.54) is 0 Å². The van der Waals surface area contributed by atoms with E-state index < -0.39 is 6.10 Å². The van der Waals surface area contributed by atoms with Gasteiger partial charge in [0.15, 0.2) is 0 Å². The number of benzene rings is 1. The maximum Gasteiger partial charge on any atom is 0.106 e. The van der Waals surface area contributed by atoms with E-state index in [2.05, 4.69) is 4.98 Å². The van der Waals surface area contributed by atoms with Crippen LogP contribution in [0.3, 0.4) is 0 Å². The van der Waals surface area contributed by atoms with Crippen LogP contribution in [0.25, 0.3) is 11.0 Å². The van der Waals surface area contributed by atoms with Gasteiger partial charge in [0.2, 0.25) is 0 Å². The van der Waals surface area contributed by atoms with Gasteiger partial charge >= 0.3 is 0 Å². The van der Waals surface area contributed by atoms with Crippen molar-refractivity contribution in [2.45, 2.75) is 26.9 Å². The molecule has 0 saturated carbocycles. The molecule has 1 aromatic heterocycles. The van der Waals surface area contributed by atoms with Gasteiger partial charge in [-0.15, -0.1) is 0 Å². The van der Waals surface area contributed by atoms with Crippen molar-refractivity contribution in [3.63, 3.8) is 0 Å². The van der Waals surface area contributed by atoms with E-state index in [1.54, 1.807) is 0 Å². The number of aliphatic hydroxyl groups excluding tert-OH is 1. The second kappa shape index (κ2) is 4.37. The summed E-state index contributed by atoms with van der Waals surface area (Å²) in [5, 5.41) is 10.4. The molecule has 3 N–H and O–H groups in total. The fraction of sp³-hybridized carbons (Fsp3) is 0.500. The molecule has 1 unspecified atom stereocenters. The number of hydrogen-bond donors (Lipinski definition) is 2. The normalized spacial score (nSPS) is 14.1. The Morgan fingerprint density at radius 1 is 1.44 bits per heavy atom. The van der Waals surface area contributed by atoms with Gasteiger partial charge in [-0.1, -0.05) is 19.9 Å². The summed E-state index contributed by atoms with van der Waals surface area (Å²) in [5.41, 5.74) is 8.24. The van der Waals surface area contributed by atoms with E-state index in [-0.39, 0.29) is 5.41 Å². The van der Waals surface area contributed by atoms with Crippen LogP contribution in [0.15, 0.2) is 18.2 Å². The number of nitrogens with two attached hydrogens (primary N) is 1. The highest BCUT2D eigenvalue weighted by atomic mass is 16.3. The molecule has 0 saturated heterocycles. The summed E-state index contributed by atoms with van der Waals surface area (Å²) in [5.74, 6) is 0.967. The lowest BCUT2D eigenvalue weighted by Crippen LogP contribution is -2.30. The Kier molecular flexibility index (Phi) is 3.17. The van der Waals surface area contributed by atoms with Crippen LogP contribution < -0.4 is 5.73 Å². The predicted octanol–water partition coefficient (Wildman–Crippen LogP) is 1.90. The first-order valence-corrected chi connectivity index (χ1v) is 6.18. The van der Waals surface area contributed by atoms with Crippen molar-refractivity contribution in [3.05, 3.63) is 29.6 Å². The van der Waals surface area contributed by atoms with Gasteiger partial charge in [-0.25, -0.2) is 4.98 Å². The molecule has 18 heavy (non-hydrogen) atoms. The molecule has 1 atom stereocenters. The average Bonchev–Trinajstić information content (AvgIpc) is 2.63. The first-order chi connectivity index (χ1) is 8.36. The quantitative estimate of drug-likeness (QED) is 0.870. The number of aliphatic hydroxyl groups is 1. The van der Waals surface area contributed by atoms with Crippen molar-refractivity contribution >= 4 is 11.0 Å². The molecule has 0 spiro atoms. The summed E-state index contributed by atoms with van der Waals surface area (Å²) in [7, 11) is 1.99. The van der Waals surface area contributed by atoms with Crippen LogP contribution >= 0.6 is 0 Å². The third-order valence-electron chi connectivity index (χ3n) is 3.71. The van der Waals surface area contributed by atoms with Gasteiger partial charge in [-0.2, -0.15) is 0 Å². The minimum atomic E-state index is -0.575. The maximum absolute atomic E-state index is 10.4. The number of aryl methyl sites for hydroxylation is 2. The van der Waals surface area contributed by atoms with E-state index in [4.69, 9.17) is 5.73 Å². The van der Waals surface area contributed by atoms with Crippen LogP contribution in [-0.4, -0.2) is 21.2 Å². The highest BCUT2D eigenvalue weighted by molar-refractivity contribution is 5.76. The Morgan fingerprint density at radius 2 is 2.11 bits per heavy atom. The number of hydrogen-bond acceptors (Lipinski definition) is 3. The monoisotopic (exact) mass is 247 g/mol. The number of fused-ring (bicyclic) bond motifs is 1. The van der Waals surface area contributed by atoms with Crippen molar-refractivity contribution in [3.8, 4) is 0 Å². The van der Waals surface area contributed by atoms with E-state index in [0.29, 0.717) is 6.54 Å². The van der Waals surface area contributed by atoms with Gasteiger partial charge in [0.1, 0.15) is 5.82 Å². The number of nitrogens with zero attached hydrogens (tertiary/aromatic N) is 2. The largest absolute Gasteiger partial charge is 0.388 e. The van der Waals surface area contributed by atoms with Gasteiger partial charge in [0, 0.05) is 19.0 Å². The fourth-order valence-corrected chi connectivity index (χ4v) is 2.07. The van der Waals surface area contributed by atoms with Crippen LogP contribution in [-0.2, 0) is 7.05 Å². The van der Waals surface area contributed by atoms with Crippen LogP contribution in [0.5, 0.6) is 0 Å². The van der Waals surface area contributed by atoms with Gasteiger partial charge in [-0.05, 0) is 24.6 Å². The summed E-state index contributed by atoms with van der Waals surface area (Å²) >= 11 is 0. The van der Waals surface area contributed by atoms with E-state index >= 15 is 0 Å². The molecule has 2 aromatic rings. The van der Waals surface area contributed by atoms with Crippen LogP contribution in [0.1, 0.15) is 31.3 Å². The first-order valence-electron chi connectivity index (χ1n) is 6.18. The molecule has 98 valence electrons. The van der Waals surface area contributed by atoms with Gasteiger partial charge < -0.3 is 15.4 Å². The average molecular weight is 247 g/mol. The summed E-state index contributed by atoms with van der Waals surface area (Å²) in [6.07, 6.45) is -0.575. The zero-order chi connectivity index (χ0) is 13.5. The highest BCUT2D eigenvalue weighted by Gasteiger charge is 2.27. The van der Waals surface area contributed by atoms with E-state index in [9.17, 15) is 5.11 Å². The molecule has 0 aliphatic rings. The van der Waals surface area contributed by atoms with Crippen LogP contribution in [0, 0.1) is 12.3 Å². The third-order valence-corrected chi connectivity index (χ3v) is 3.71. The number of rotatable bonds is 3. The molecule has 2 rings (SSSR count). The molecule has 1 aromatic carbocycles. The first kappa shape index (κ1) is 13.1. The lowest BCUT2D eigenvalue weighted by atomic mass is 9.83. The molecule has 0 bridgehead atoms. The standard InChI is InChI=1S/C14H21N3O/c1-9-16-11-7-10(5-6-12(11)17(9)4)13(18)14(2,3)8-15/h5-7,13,18H,8,15H2,1-4H3. The second-order valence-corrected chi connectivity index (χ2v) is 5.56. The van der Waals surface area contributed by atoms with Gasteiger partial charge in [0.05, 0.1) is 17.1 Å². The SMILES string of the molecule is Cc1nc2cc(C(O)C(C)(C)CN)ccc2n1C. The zero-order valence-corrected chi connectivity index (χ0v) is 11.4. The molecule has 0 radical (unpaired) electrons. The topological polar surface area (TPSA) is 64.1 Å². The minimum absolute atomic E-state index is 0.336. The molecule has 0 fully saturated rings. The maximum atomic E-state index is 10.4. The smallest absolute Gasteiger partial charge is 0.106 e. The molecular formula is C14H21N3O. The summed E-state index contributed by atoms with van der Waals surface area (Å²) in [6.45, 7) is 6.34. The minimum Gasteiger partial charge on any atom is -0.388 e. The second-order valence-electron chi connectivity index (χ2n) is 5.56. The van der Waals surface area contributed by atoms with E-state index in [0.717, 1.165) is 22.4 Å². The third kappa shape index (κ3) is 2.02. The summed E-state index contributed by atoms with van der Waals surface area (Å²) < 4.78 is 2.04. The predicted molar refractivity (Wildman–Crippen MR) is 73.2 cm³/mol. The number of imidazole rings is 1. The van der Waals surface area contributed by atoms with Crippen molar-refractivity contribution in [2.75, 3.05) is 6.54 Å². The lowest BCUT2D eigenvalue weighted by molar-refractivity contribution is 0.0556. The van der Waals surface area contributed by atoms with Crippen LogP contribution in [0.4, 0.5) is 0 Å². The highest BCUT2D eigenvalue weighted by Crippen LogP contribution is 2.33. The Balaban J connectivity index is 2.48. The Morgan fingerprint density at radius 3 is 2.72 bits per heavy atom. The Bertz CT molecular complexity index is 572. The van der Waals surface area contributed by atoms with Gasteiger partial charge in [0.25, 0.3) is 0 Å². The van der Waals surface area contributed by atoms with Crippen LogP contribution in [0.2, 0.25) is 0 Å². The van der Waals surface area contributed by atoms with Gasteiger partial charge in [-0.3, -0.25) is 0 Å². The number of aromatic nitrogens is 2. The molecule has 1 heterocycles. The molecule has 0 aliphatic carbocycles. The fourth-order valence-electron chi connectivity index (χ4n) is 2.07. The van der Waals surface area contributed by atoms with Crippen molar-refractivity contribution in [1.29, 1.82) is 0 Å². The van der Waals surface area contributed by atoms with Crippen molar-refractivity contribution in [1.82, 2.24) is 9.55 Å². The van der Waals surface area contributed by atoms with Crippen molar-refractivity contribution < 1.29 is 5.11 Å². The van der Waals surface area contributed by atoms with E-state index in [1.807, 2.05) is 50.6 Å².